The second-order valence-electron chi connectivity index (χ2n) is 5.37. The summed E-state index contributed by atoms with van der Waals surface area (Å²) in [6.45, 7) is 0. The van der Waals surface area contributed by atoms with Gasteiger partial charge in [0.2, 0.25) is 0 Å². The van der Waals surface area contributed by atoms with Gasteiger partial charge in [0.05, 0.1) is 22.4 Å². The minimum absolute atomic E-state index is 0.0464. The molecule has 1 aliphatic rings. The Balaban J connectivity index is 2.08. The number of hydrogen-bond donors (Lipinski definition) is 0. The molecule has 27 heavy (non-hydrogen) atoms. The third kappa shape index (κ3) is 3.04. The molecule has 2 aromatic carbocycles. The number of imide groups is 1. The van der Waals surface area contributed by atoms with E-state index in [0.29, 0.717) is 4.90 Å². The fraction of sp³-hybridized carbons (Fsp3) is 0.118. The molecule has 0 atom stereocenters. The van der Waals surface area contributed by atoms with Crippen LogP contribution in [0.15, 0.2) is 47.4 Å². The second kappa shape index (κ2) is 6.35. The van der Waals surface area contributed by atoms with E-state index in [-0.39, 0.29) is 16.8 Å². The van der Waals surface area contributed by atoms with E-state index in [1.807, 2.05) is 0 Å². The van der Waals surface area contributed by atoms with Crippen LogP contribution >= 0.6 is 11.8 Å². The molecule has 0 spiro atoms. The van der Waals surface area contributed by atoms with E-state index < -0.39 is 45.5 Å². The molecule has 0 N–H and O–H groups in total. The molecule has 4 nitrogen and oxygen atoms in total. The van der Waals surface area contributed by atoms with Crippen molar-refractivity contribution in [2.75, 3.05) is 4.90 Å². The van der Waals surface area contributed by atoms with Crippen LogP contribution in [0, 0.1) is 11.3 Å². The van der Waals surface area contributed by atoms with Gasteiger partial charge >= 0.3 is 11.4 Å². The Hall–Kier alpha value is -2.93. The van der Waals surface area contributed by atoms with E-state index in [4.69, 9.17) is 0 Å². The highest BCUT2D eigenvalue weighted by Crippen LogP contribution is 2.49. The molecule has 0 radical (unpaired) electrons. The highest BCUT2D eigenvalue weighted by Gasteiger charge is 2.58. The smallest absolute Gasteiger partial charge is 0.268 e. The maximum atomic E-state index is 13.4. The summed E-state index contributed by atoms with van der Waals surface area (Å²) in [5.41, 5.74) is -0.886. The molecule has 2 amide bonds. The van der Waals surface area contributed by atoms with E-state index in [9.17, 15) is 36.8 Å². The monoisotopic (exact) mass is 398 g/mol. The summed E-state index contributed by atoms with van der Waals surface area (Å²) in [6.07, 6.45) is -5.84. The lowest BCUT2D eigenvalue weighted by Gasteiger charge is -2.21. The SMILES string of the molecule is N#Cc1c(SC(F)(F)C(F)(F)F)cccc1N1C(=O)c2ccccc2C1=O. The summed E-state index contributed by atoms with van der Waals surface area (Å²) >= 11 is -0.867. The van der Waals surface area contributed by atoms with E-state index in [2.05, 4.69) is 0 Å². The summed E-state index contributed by atoms with van der Waals surface area (Å²) in [5, 5.41) is 4.16. The van der Waals surface area contributed by atoms with Crippen molar-refractivity contribution in [2.24, 2.45) is 0 Å². The Labute approximate surface area is 153 Å². The first-order chi connectivity index (χ1) is 12.6. The van der Waals surface area contributed by atoms with Crippen LogP contribution < -0.4 is 4.90 Å². The van der Waals surface area contributed by atoms with Gasteiger partial charge in [-0.2, -0.15) is 27.2 Å². The largest absolute Gasteiger partial charge is 0.464 e. The number of nitrogens with zero attached hydrogens (tertiary/aromatic N) is 2. The Morgan fingerprint density at radius 1 is 0.889 bits per heavy atom. The number of thioether (sulfide) groups is 1. The Morgan fingerprint density at radius 2 is 1.44 bits per heavy atom. The maximum absolute atomic E-state index is 13.4. The lowest BCUT2D eigenvalue weighted by Crippen LogP contribution is -2.33. The number of nitriles is 1. The van der Waals surface area contributed by atoms with Crippen molar-refractivity contribution < 1.29 is 31.5 Å². The fourth-order valence-electron chi connectivity index (χ4n) is 2.51. The summed E-state index contributed by atoms with van der Waals surface area (Å²) in [5.74, 6) is -1.59. The summed E-state index contributed by atoms with van der Waals surface area (Å²) in [7, 11) is 0. The van der Waals surface area contributed by atoms with Gasteiger partial charge in [-0.1, -0.05) is 18.2 Å². The molecule has 10 heteroatoms. The number of anilines is 1. The van der Waals surface area contributed by atoms with Gasteiger partial charge in [-0.3, -0.25) is 9.59 Å². The van der Waals surface area contributed by atoms with Gasteiger partial charge in [0.15, 0.2) is 0 Å². The Morgan fingerprint density at radius 3 is 1.93 bits per heavy atom. The quantitative estimate of drug-likeness (QED) is 0.431. The van der Waals surface area contributed by atoms with Crippen LogP contribution in [0.4, 0.5) is 27.6 Å². The van der Waals surface area contributed by atoms with Gasteiger partial charge in [-0.15, -0.1) is 0 Å². The predicted octanol–water partition coefficient (Wildman–Crippen LogP) is 4.61. The van der Waals surface area contributed by atoms with Crippen molar-refractivity contribution in [3.8, 4) is 6.07 Å². The second-order valence-corrected chi connectivity index (χ2v) is 6.53. The average Bonchev–Trinajstić information content (AvgIpc) is 2.85. The first kappa shape index (κ1) is 18.8. The number of hydrogen-bond acceptors (Lipinski definition) is 4. The third-order valence-electron chi connectivity index (χ3n) is 3.72. The summed E-state index contributed by atoms with van der Waals surface area (Å²) in [4.78, 5) is 24.9. The van der Waals surface area contributed by atoms with Crippen molar-refractivity contribution >= 4 is 29.3 Å². The highest BCUT2D eigenvalue weighted by atomic mass is 32.2. The summed E-state index contributed by atoms with van der Waals surface area (Å²) in [6, 6.07) is 10.4. The van der Waals surface area contributed by atoms with E-state index in [1.54, 1.807) is 0 Å². The molecule has 0 saturated carbocycles. The molecule has 2 aromatic rings. The van der Waals surface area contributed by atoms with Crippen LogP contribution in [-0.2, 0) is 0 Å². The lowest BCUT2D eigenvalue weighted by molar-refractivity contribution is -0.237. The average molecular weight is 398 g/mol. The number of benzene rings is 2. The van der Waals surface area contributed by atoms with Gasteiger partial charge in [0, 0.05) is 4.90 Å². The zero-order valence-electron chi connectivity index (χ0n) is 13.1. The van der Waals surface area contributed by atoms with E-state index in [1.165, 1.54) is 30.3 Å². The van der Waals surface area contributed by atoms with Crippen molar-refractivity contribution in [3.63, 3.8) is 0 Å². The number of amides is 2. The number of fused-ring (bicyclic) bond motifs is 1. The molecule has 0 unspecified atom stereocenters. The molecular formula is C17H7F5N2O2S. The van der Waals surface area contributed by atoms with Crippen LogP contribution in [0.25, 0.3) is 0 Å². The van der Waals surface area contributed by atoms with Gasteiger partial charge < -0.3 is 0 Å². The third-order valence-corrected chi connectivity index (χ3v) is 4.77. The number of carbonyl (C=O) groups excluding carboxylic acids is 2. The predicted molar refractivity (Wildman–Crippen MR) is 85.6 cm³/mol. The maximum Gasteiger partial charge on any atom is 0.464 e. The minimum atomic E-state index is -5.84. The van der Waals surface area contributed by atoms with Crippen LogP contribution in [0.5, 0.6) is 0 Å². The van der Waals surface area contributed by atoms with Gasteiger partial charge in [-0.05, 0) is 36.0 Å². The number of rotatable bonds is 3. The van der Waals surface area contributed by atoms with E-state index >= 15 is 0 Å². The fourth-order valence-corrected chi connectivity index (χ4v) is 3.30. The van der Waals surface area contributed by atoms with Crippen molar-refractivity contribution in [3.05, 3.63) is 59.2 Å². The Kier molecular flexibility index (Phi) is 4.43. The van der Waals surface area contributed by atoms with Gasteiger partial charge in [0.25, 0.3) is 11.8 Å². The topological polar surface area (TPSA) is 61.2 Å². The Bertz CT molecular complexity index is 963. The standard InChI is InChI=1S/C17H7F5N2O2S/c18-16(19,20)17(21,22)27-13-7-3-6-12(11(13)8-23)24-14(25)9-4-1-2-5-10(9)15(24)26/h1-7H. The van der Waals surface area contributed by atoms with Crippen LogP contribution in [-0.4, -0.2) is 23.2 Å². The van der Waals surface area contributed by atoms with E-state index in [0.717, 1.165) is 18.2 Å². The van der Waals surface area contributed by atoms with Crippen LogP contribution in [0.2, 0.25) is 0 Å². The number of carbonyl (C=O) groups is 2. The van der Waals surface area contributed by atoms with Crippen molar-refractivity contribution in [2.45, 2.75) is 16.3 Å². The highest BCUT2D eigenvalue weighted by molar-refractivity contribution is 8.00. The zero-order valence-corrected chi connectivity index (χ0v) is 13.9. The molecule has 0 aromatic heterocycles. The molecule has 0 fully saturated rings. The first-order valence-electron chi connectivity index (χ1n) is 7.23. The van der Waals surface area contributed by atoms with Gasteiger partial charge in [0.1, 0.15) is 6.07 Å². The van der Waals surface area contributed by atoms with Crippen molar-refractivity contribution in [1.29, 1.82) is 5.26 Å². The molecule has 0 bridgehead atoms. The van der Waals surface area contributed by atoms with Crippen molar-refractivity contribution in [1.82, 2.24) is 0 Å². The lowest BCUT2D eigenvalue weighted by atomic mass is 10.1. The molecule has 0 aliphatic carbocycles. The minimum Gasteiger partial charge on any atom is -0.268 e. The summed E-state index contributed by atoms with van der Waals surface area (Å²) < 4.78 is 64.2. The molecule has 138 valence electrons. The number of alkyl halides is 5. The molecule has 3 rings (SSSR count). The molecule has 0 saturated heterocycles. The van der Waals surface area contributed by atoms with Crippen LogP contribution in [0.3, 0.4) is 0 Å². The molecular weight excluding hydrogens is 391 g/mol. The normalized spacial score (nSPS) is 14.3. The van der Waals surface area contributed by atoms with Crippen LogP contribution in [0.1, 0.15) is 26.3 Å². The van der Waals surface area contributed by atoms with Gasteiger partial charge in [-0.25, -0.2) is 4.90 Å². The molecule has 1 aliphatic heterocycles. The zero-order chi connectivity index (χ0) is 20.0. The first-order valence-corrected chi connectivity index (χ1v) is 8.04. The molecule has 1 heterocycles. The number of halogens is 5.